The van der Waals surface area contributed by atoms with Crippen molar-refractivity contribution in [2.45, 2.75) is 6.18 Å². The summed E-state index contributed by atoms with van der Waals surface area (Å²) >= 11 is 0. The number of alkyl halides is 3. The summed E-state index contributed by atoms with van der Waals surface area (Å²) in [4.78, 5) is 26.0. The number of anilines is 1. The zero-order valence-electron chi connectivity index (χ0n) is 14.0. The second kappa shape index (κ2) is 7.38. The zero-order chi connectivity index (χ0) is 19.5. The van der Waals surface area contributed by atoms with E-state index in [2.05, 4.69) is 5.32 Å². The van der Waals surface area contributed by atoms with E-state index in [0.717, 1.165) is 0 Å². The summed E-state index contributed by atoms with van der Waals surface area (Å²) in [6.45, 7) is 0. The number of hydrogen-bond donors (Lipinski definition) is 2. The maximum absolute atomic E-state index is 12.8. The van der Waals surface area contributed by atoms with Gasteiger partial charge in [0.15, 0.2) is 11.5 Å². The molecule has 1 aromatic heterocycles. The third-order valence-corrected chi connectivity index (χ3v) is 3.41. The van der Waals surface area contributed by atoms with Gasteiger partial charge in [-0.1, -0.05) is 0 Å². The van der Waals surface area contributed by atoms with Gasteiger partial charge in [0.2, 0.25) is 5.75 Å². The highest BCUT2D eigenvalue weighted by Crippen LogP contribution is 2.38. The molecule has 0 aliphatic heterocycles. The first-order valence-electron chi connectivity index (χ1n) is 7.12. The third-order valence-electron chi connectivity index (χ3n) is 3.41. The van der Waals surface area contributed by atoms with Crippen molar-refractivity contribution in [1.29, 1.82) is 0 Å². The molecule has 26 heavy (non-hydrogen) atoms. The van der Waals surface area contributed by atoms with E-state index in [4.69, 9.17) is 14.2 Å². The van der Waals surface area contributed by atoms with Gasteiger partial charge < -0.3 is 24.5 Å². The quantitative estimate of drug-likeness (QED) is 0.842. The van der Waals surface area contributed by atoms with Crippen molar-refractivity contribution in [3.8, 4) is 17.2 Å². The van der Waals surface area contributed by atoms with Crippen molar-refractivity contribution in [3.05, 3.63) is 45.9 Å². The lowest BCUT2D eigenvalue weighted by Crippen LogP contribution is -2.21. The Bertz CT molecular complexity index is 852. The van der Waals surface area contributed by atoms with Crippen LogP contribution in [-0.4, -0.2) is 32.2 Å². The van der Waals surface area contributed by atoms with Crippen LogP contribution in [0.15, 0.2) is 29.2 Å². The number of ether oxygens (including phenoxy) is 3. The van der Waals surface area contributed by atoms with E-state index in [1.165, 1.54) is 33.5 Å². The molecule has 7 nitrogen and oxygen atoms in total. The largest absolute Gasteiger partial charge is 0.493 e. The molecule has 0 fully saturated rings. The number of halogens is 3. The Morgan fingerprint density at radius 1 is 1.04 bits per heavy atom. The summed E-state index contributed by atoms with van der Waals surface area (Å²) < 4.78 is 53.6. The molecule has 2 N–H and O–H groups in total. The van der Waals surface area contributed by atoms with Crippen molar-refractivity contribution in [2.24, 2.45) is 0 Å². The highest BCUT2D eigenvalue weighted by atomic mass is 19.4. The van der Waals surface area contributed by atoms with Crippen LogP contribution in [0.25, 0.3) is 0 Å². The lowest BCUT2D eigenvalue weighted by atomic mass is 10.1. The molecule has 0 radical (unpaired) electrons. The van der Waals surface area contributed by atoms with Crippen molar-refractivity contribution >= 4 is 11.6 Å². The Morgan fingerprint density at radius 2 is 1.62 bits per heavy atom. The molecular formula is C16H15F3N2O5. The van der Waals surface area contributed by atoms with Gasteiger partial charge in [-0.15, -0.1) is 0 Å². The number of amides is 1. The van der Waals surface area contributed by atoms with Crippen LogP contribution in [-0.2, 0) is 6.18 Å². The molecule has 2 aromatic rings. The topological polar surface area (TPSA) is 89.7 Å². The van der Waals surface area contributed by atoms with E-state index >= 15 is 0 Å². The molecule has 0 aliphatic rings. The molecule has 0 unspecified atom stereocenters. The number of rotatable bonds is 5. The molecule has 0 spiro atoms. The molecule has 0 saturated carbocycles. The summed E-state index contributed by atoms with van der Waals surface area (Å²) in [5.74, 6) is -0.234. The summed E-state index contributed by atoms with van der Waals surface area (Å²) in [5.41, 5.74) is -2.52. The van der Waals surface area contributed by atoms with Gasteiger partial charge >= 0.3 is 6.18 Å². The van der Waals surface area contributed by atoms with E-state index in [0.29, 0.717) is 12.3 Å². The highest BCUT2D eigenvalue weighted by Gasteiger charge is 2.31. The maximum atomic E-state index is 12.8. The molecule has 140 valence electrons. The van der Waals surface area contributed by atoms with E-state index in [9.17, 15) is 22.8 Å². The van der Waals surface area contributed by atoms with Gasteiger partial charge in [-0.05, 0) is 18.2 Å². The Hall–Kier alpha value is -3.17. The van der Waals surface area contributed by atoms with E-state index < -0.39 is 28.9 Å². The van der Waals surface area contributed by atoms with Crippen LogP contribution >= 0.6 is 0 Å². The average Bonchev–Trinajstić information content (AvgIpc) is 2.61. The van der Waals surface area contributed by atoms with Gasteiger partial charge in [0.1, 0.15) is 5.69 Å². The molecular weight excluding hydrogens is 357 g/mol. The zero-order valence-corrected chi connectivity index (χ0v) is 14.0. The van der Waals surface area contributed by atoms with Crippen LogP contribution in [0.3, 0.4) is 0 Å². The van der Waals surface area contributed by atoms with Crippen LogP contribution in [0, 0.1) is 0 Å². The second-order valence-corrected chi connectivity index (χ2v) is 5.00. The van der Waals surface area contributed by atoms with Gasteiger partial charge in [0.25, 0.3) is 11.5 Å². The smallest absolute Gasteiger partial charge is 0.417 e. The molecule has 0 aliphatic carbocycles. The number of H-pyrrole nitrogens is 1. The first kappa shape index (κ1) is 19.2. The predicted octanol–water partition coefficient (Wildman–Crippen LogP) is 2.67. The third kappa shape index (κ3) is 3.90. The number of carbonyl (C=O) groups excluding carboxylic acids is 1. The van der Waals surface area contributed by atoms with Crippen LogP contribution in [0.2, 0.25) is 0 Å². The number of methoxy groups -OCH3 is 3. The first-order valence-corrected chi connectivity index (χ1v) is 7.12. The van der Waals surface area contributed by atoms with Crippen molar-refractivity contribution in [2.75, 3.05) is 26.6 Å². The second-order valence-electron chi connectivity index (χ2n) is 5.00. The minimum atomic E-state index is -4.67. The molecule has 0 saturated heterocycles. The highest BCUT2D eigenvalue weighted by molar-refractivity contribution is 6.05. The predicted molar refractivity (Wildman–Crippen MR) is 86.1 cm³/mol. The van der Waals surface area contributed by atoms with Gasteiger partial charge in [-0.2, -0.15) is 13.2 Å². The standard InChI is InChI=1S/C16H15F3N2O5/c1-24-11-4-8(5-12(25-2)13(11)26-3)14(22)21-10-6-9(16(17,18)19)7-20-15(10)23/h4-7H,1-3H3,(H,20,23)(H,21,22). The number of hydrogen-bond acceptors (Lipinski definition) is 5. The molecule has 0 bridgehead atoms. The van der Waals surface area contributed by atoms with Crippen LogP contribution in [0.4, 0.5) is 18.9 Å². The maximum Gasteiger partial charge on any atom is 0.417 e. The average molecular weight is 372 g/mol. The van der Waals surface area contributed by atoms with E-state index in [1.54, 1.807) is 0 Å². The monoisotopic (exact) mass is 372 g/mol. The summed E-state index contributed by atoms with van der Waals surface area (Å²) in [5, 5.41) is 2.14. The summed E-state index contributed by atoms with van der Waals surface area (Å²) in [7, 11) is 4.06. The van der Waals surface area contributed by atoms with Crippen LogP contribution in [0.5, 0.6) is 17.2 Å². The number of nitrogens with one attached hydrogen (secondary N) is 2. The fourth-order valence-electron chi connectivity index (χ4n) is 2.15. The minimum absolute atomic E-state index is 0.00342. The Labute approximate surface area is 145 Å². The Morgan fingerprint density at radius 3 is 2.08 bits per heavy atom. The minimum Gasteiger partial charge on any atom is -0.493 e. The molecule has 10 heteroatoms. The SMILES string of the molecule is COc1cc(C(=O)Nc2cc(C(F)(F)F)c[nH]c2=O)cc(OC)c1OC. The van der Waals surface area contributed by atoms with E-state index in [1.807, 2.05) is 4.98 Å². The molecule has 2 rings (SSSR count). The number of aromatic nitrogens is 1. The van der Waals surface area contributed by atoms with Gasteiger partial charge in [-0.25, -0.2) is 0 Å². The van der Waals surface area contributed by atoms with Gasteiger partial charge in [-0.3, -0.25) is 9.59 Å². The summed E-state index contributed by atoms with van der Waals surface area (Å²) in [6.07, 6.45) is -4.15. The van der Waals surface area contributed by atoms with Gasteiger partial charge in [0.05, 0.1) is 26.9 Å². The first-order chi connectivity index (χ1) is 12.2. The van der Waals surface area contributed by atoms with E-state index in [-0.39, 0.29) is 22.8 Å². The fraction of sp³-hybridized carbons (Fsp3) is 0.250. The number of aromatic amines is 1. The van der Waals surface area contributed by atoms with Crippen molar-refractivity contribution in [3.63, 3.8) is 0 Å². The molecule has 1 heterocycles. The van der Waals surface area contributed by atoms with Crippen molar-refractivity contribution in [1.82, 2.24) is 4.98 Å². The molecule has 1 amide bonds. The number of carbonyl (C=O) groups is 1. The van der Waals surface area contributed by atoms with Crippen LogP contribution in [0.1, 0.15) is 15.9 Å². The lowest BCUT2D eigenvalue weighted by Gasteiger charge is -2.14. The van der Waals surface area contributed by atoms with Crippen LogP contribution < -0.4 is 25.1 Å². The fourth-order valence-corrected chi connectivity index (χ4v) is 2.15. The number of pyridine rings is 1. The summed E-state index contributed by atoms with van der Waals surface area (Å²) in [6, 6.07) is 3.16. The molecule has 1 aromatic carbocycles. The Kier molecular flexibility index (Phi) is 5.44. The normalized spacial score (nSPS) is 11.0. The Balaban J connectivity index is 2.41. The molecule has 0 atom stereocenters. The number of benzene rings is 1. The van der Waals surface area contributed by atoms with Gasteiger partial charge in [0, 0.05) is 11.8 Å². The van der Waals surface area contributed by atoms with Crippen molar-refractivity contribution < 1.29 is 32.2 Å². The lowest BCUT2D eigenvalue weighted by molar-refractivity contribution is -0.137.